The number of rotatable bonds is 7. The molecule has 1 fully saturated rings. The van der Waals surface area contributed by atoms with Crippen molar-refractivity contribution in [2.75, 3.05) is 27.4 Å². The van der Waals surface area contributed by atoms with Crippen molar-refractivity contribution < 1.29 is 9.47 Å². The van der Waals surface area contributed by atoms with Crippen molar-refractivity contribution in [3.8, 4) is 0 Å². The van der Waals surface area contributed by atoms with Gasteiger partial charge in [0.15, 0.2) is 0 Å². The van der Waals surface area contributed by atoms with E-state index in [9.17, 15) is 0 Å². The second-order valence-corrected chi connectivity index (χ2v) is 6.35. The van der Waals surface area contributed by atoms with Crippen LogP contribution in [0.4, 0.5) is 0 Å². The van der Waals surface area contributed by atoms with Crippen LogP contribution in [0.2, 0.25) is 0 Å². The van der Waals surface area contributed by atoms with E-state index in [1.165, 1.54) is 12.8 Å². The SMILES string of the molecule is CCCOCC(NC)C1(OC)CCC(C)(C)CC1. The maximum absolute atomic E-state index is 5.91. The van der Waals surface area contributed by atoms with Crippen LogP contribution < -0.4 is 5.32 Å². The van der Waals surface area contributed by atoms with E-state index in [0.29, 0.717) is 11.5 Å². The van der Waals surface area contributed by atoms with Gasteiger partial charge in [-0.3, -0.25) is 0 Å². The Morgan fingerprint density at radius 2 is 1.78 bits per heavy atom. The second kappa shape index (κ2) is 6.88. The number of nitrogens with one attached hydrogen (secondary N) is 1. The van der Waals surface area contributed by atoms with Crippen molar-refractivity contribution in [1.29, 1.82) is 0 Å². The molecule has 0 saturated heterocycles. The molecule has 3 nitrogen and oxygen atoms in total. The zero-order valence-electron chi connectivity index (χ0n) is 12.8. The van der Waals surface area contributed by atoms with Crippen LogP contribution in [-0.4, -0.2) is 39.0 Å². The quantitative estimate of drug-likeness (QED) is 0.711. The van der Waals surface area contributed by atoms with Crippen LogP contribution in [0.15, 0.2) is 0 Å². The summed E-state index contributed by atoms with van der Waals surface area (Å²) in [5, 5.41) is 3.40. The minimum absolute atomic E-state index is 0.0436. The highest BCUT2D eigenvalue weighted by molar-refractivity contribution is 4.98. The lowest BCUT2D eigenvalue weighted by Gasteiger charge is -2.46. The molecule has 0 aromatic rings. The van der Waals surface area contributed by atoms with Gasteiger partial charge in [-0.05, 0) is 44.6 Å². The van der Waals surface area contributed by atoms with E-state index in [4.69, 9.17) is 9.47 Å². The molecule has 1 rings (SSSR count). The van der Waals surface area contributed by atoms with Gasteiger partial charge in [0.2, 0.25) is 0 Å². The van der Waals surface area contributed by atoms with Crippen LogP contribution in [0.3, 0.4) is 0 Å². The number of hydrogen-bond donors (Lipinski definition) is 1. The third kappa shape index (κ3) is 3.94. The monoisotopic (exact) mass is 257 g/mol. The highest BCUT2D eigenvalue weighted by Crippen LogP contribution is 2.43. The Morgan fingerprint density at radius 1 is 1.17 bits per heavy atom. The third-order valence-corrected chi connectivity index (χ3v) is 4.47. The summed E-state index contributed by atoms with van der Waals surface area (Å²) in [5.41, 5.74) is 0.419. The number of likely N-dealkylation sites (N-methyl/N-ethyl adjacent to an activating group) is 1. The van der Waals surface area contributed by atoms with Crippen LogP contribution in [0, 0.1) is 5.41 Å². The molecule has 1 N–H and O–H groups in total. The molecule has 18 heavy (non-hydrogen) atoms. The molecule has 1 atom stereocenters. The van der Waals surface area contributed by atoms with Gasteiger partial charge in [-0.1, -0.05) is 20.8 Å². The van der Waals surface area contributed by atoms with Crippen molar-refractivity contribution in [3.63, 3.8) is 0 Å². The highest BCUT2D eigenvalue weighted by Gasteiger charge is 2.43. The minimum Gasteiger partial charge on any atom is -0.380 e. The number of ether oxygens (including phenoxy) is 2. The maximum Gasteiger partial charge on any atom is 0.0853 e. The summed E-state index contributed by atoms with van der Waals surface area (Å²) in [7, 11) is 3.86. The van der Waals surface area contributed by atoms with Crippen molar-refractivity contribution in [2.45, 2.75) is 64.5 Å². The topological polar surface area (TPSA) is 30.5 Å². The Morgan fingerprint density at radius 3 is 2.22 bits per heavy atom. The lowest BCUT2D eigenvalue weighted by Crippen LogP contribution is -2.56. The Balaban J connectivity index is 2.61. The van der Waals surface area contributed by atoms with Gasteiger partial charge < -0.3 is 14.8 Å². The lowest BCUT2D eigenvalue weighted by atomic mass is 9.68. The predicted octanol–water partition coefficient (Wildman–Crippen LogP) is 2.99. The zero-order chi connectivity index (χ0) is 13.6. The molecule has 0 spiro atoms. The van der Waals surface area contributed by atoms with Gasteiger partial charge in [0.1, 0.15) is 0 Å². The Labute approximate surface area is 113 Å². The van der Waals surface area contributed by atoms with E-state index in [0.717, 1.165) is 32.5 Å². The first-order valence-electron chi connectivity index (χ1n) is 7.30. The van der Waals surface area contributed by atoms with Crippen LogP contribution >= 0.6 is 0 Å². The molecular formula is C15H31NO2. The molecule has 0 heterocycles. The average molecular weight is 257 g/mol. The highest BCUT2D eigenvalue weighted by atomic mass is 16.5. The molecule has 0 amide bonds. The third-order valence-electron chi connectivity index (χ3n) is 4.47. The smallest absolute Gasteiger partial charge is 0.0853 e. The maximum atomic E-state index is 5.91. The molecule has 0 aromatic carbocycles. The summed E-state index contributed by atoms with van der Waals surface area (Å²) in [6, 6.07) is 0.296. The first kappa shape index (κ1) is 15.9. The van der Waals surface area contributed by atoms with Gasteiger partial charge in [0.05, 0.1) is 18.2 Å². The molecular weight excluding hydrogens is 226 g/mol. The van der Waals surface area contributed by atoms with Gasteiger partial charge in [-0.15, -0.1) is 0 Å². The lowest BCUT2D eigenvalue weighted by molar-refractivity contribution is -0.100. The molecule has 108 valence electrons. The zero-order valence-corrected chi connectivity index (χ0v) is 12.8. The fourth-order valence-electron chi connectivity index (χ4n) is 2.89. The summed E-state index contributed by atoms with van der Waals surface area (Å²) in [5.74, 6) is 0. The van der Waals surface area contributed by atoms with Crippen LogP contribution in [0.5, 0.6) is 0 Å². The van der Waals surface area contributed by atoms with Gasteiger partial charge in [-0.2, -0.15) is 0 Å². The van der Waals surface area contributed by atoms with Gasteiger partial charge >= 0.3 is 0 Å². The van der Waals surface area contributed by atoms with Crippen molar-refractivity contribution in [2.24, 2.45) is 5.41 Å². The summed E-state index contributed by atoms with van der Waals surface area (Å²) in [6.07, 6.45) is 5.78. The molecule has 1 unspecified atom stereocenters. The Kier molecular flexibility index (Phi) is 6.09. The first-order chi connectivity index (χ1) is 8.49. The molecule has 1 aliphatic rings. The van der Waals surface area contributed by atoms with E-state index >= 15 is 0 Å². The van der Waals surface area contributed by atoms with Crippen LogP contribution in [-0.2, 0) is 9.47 Å². The average Bonchev–Trinajstić information content (AvgIpc) is 2.36. The molecule has 0 radical (unpaired) electrons. The molecule has 1 aliphatic carbocycles. The minimum atomic E-state index is -0.0436. The van der Waals surface area contributed by atoms with E-state index in [-0.39, 0.29) is 5.60 Å². The summed E-state index contributed by atoms with van der Waals surface area (Å²) in [6.45, 7) is 8.44. The molecule has 1 saturated carbocycles. The first-order valence-corrected chi connectivity index (χ1v) is 7.30. The standard InChI is InChI=1S/C15H31NO2/c1-6-11-18-12-13(16-4)15(17-5)9-7-14(2,3)8-10-15/h13,16H,6-12H2,1-5H3. The van der Waals surface area contributed by atoms with Crippen molar-refractivity contribution in [1.82, 2.24) is 5.32 Å². The summed E-state index contributed by atoms with van der Waals surface area (Å²) >= 11 is 0. The summed E-state index contributed by atoms with van der Waals surface area (Å²) in [4.78, 5) is 0. The summed E-state index contributed by atoms with van der Waals surface area (Å²) < 4.78 is 11.6. The van der Waals surface area contributed by atoms with Gasteiger partial charge in [0, 0.05) is 13.7 Å². The van der Waals surface area contributed by atoms with Crippen LogP contribution in [0.25, 0.3) is 0 Å². The van der Waals surface area contributed by atoms with Crippen LogP contribution in [0.1, 0.15) is 52.9 Å². The molecule has 0 bridgehead atoms. The largest absolute Gasteiger partial charge is 0.380 e. The van der Waals surface area contributed by atoms with Crippen molar-refractivity contribution >= 4 is 0 Å². The molecule has 0 aromatic heterocycles. The van der Waals surface area contributed by atoms with Crippen molar-refractivity contribution in [3.05, 3.63) is 0 Å². The second-order valence-electron chi connectivity index (χ2n) is 6.35. The van der Waals surface area contributed by atoms with E-state index in [1.54, 1.807) is 0 Å². The number of methoxy groups -OCH3 is 1. The molecule has 0 aliphatic heterocycles. The van der Waals surface area contributed by atoms with E-state index in [1.807, 2.05) is 14.2 Å². The molecule has 3 heteroatoms. The Bertz CT molecular complexity index is 231. The normalized spacial score (nSPS) is 23.8. The van der Waals surface area contributed by atoms with E-state index < -0.39 is 0 Å². The number of hydrogen-bond acceptors (Lipinski definition) is 3. The Hall–Kier alpha value is -0.120. The fraction of sp³-hybridized carbons (Fsp3) is 1.00. The predicted molar refractivity (Wildman–Crippen MR) is 75.9 cm³/mol. The van der Waals surface area contributed by atoms with Gasteiger partial charge in [-0.25, -0.2) is 0 Å². The van der Waals surface area contributed by atoms with Gasteiger partial charge in [0.25, 0.3) is 0 Å². The van der Waals surface area contributed by atoms with E-state index in [2.05, 4.69) is 26.1 Å². The fourth-order valence-corrected chi connectivity index (χ4v) is 2.89.